The molecule has 0 rings (SSSR count). The third-order valence-corrected chi connectivity index (χ3v) is 0. The zero-order chi connectivity index (χ0) is 2.00. The van der Waals surface area contributed by atoms with E-state index in [-0.39, 0.29) is 105 Å². The van der Waals surface area contributed by atoms with Gasteiger partial charge in [0.25, 0.3) is 0 Å². The van der Waals surface area contributed by atoms with Crippen molar-refractivity contribution in [2.45, 2.75) is 0 Å². The molecule has 0 atom stereocenters. The second-order valence-electron chi connectivity index (χ2n) is 0. The molecule has 0 aliphatic heterocycles. The Hall–Kier alpha value is 3.89. The monoisotopic (exact) mass is 507 g/mol. The molecule has 0 unspecified atom stereocenters. The molecular formula is BaMgOSiSnTa. The van der Waals surface area contributed by atoms with Crippen LogP contribution in [0, 0.1) is 0 Å². The third-order valence-electron chi connectivity index (χ3n) is 0. The van der Waals surface area contributed by atoms with Crippen LogP contribution in [0.15, 0.2) is 0 Å². The first-order valence-electron chi connectivity index (χ1n) is 0.204. The molecule has 0 amide bonds. The zero-order valence-electron chi connectivity index (χ0n) is 3.27. The summed E-state index contributed by atoms with van der Waals surface area (Å²) in [6.07, 6.45) is 0. The molecule has 11 radical (unpaired) electrons. The maximum absolute atomic E-state index is 8.34. The van der Waals surface area contributed by atoms with Crippen molar-refractivity contribution in [1.29, 1.82) is 0 Å². The van der Waals surface area contributed by atoms with E-state index in [0.29, 0.717) is 22.5 Å². The Morgan fingerprint density at radius 2 is 1.17 bits per heavy atom. The molecule has 0 saturated heterocycles. The van der Waals surface area contributed by atoms with Gasteiger partial charge in [-0.3, -0.25) is 0 Å². The Kier molecular flexibility index (Phi) is 199. The molecule has 1 nitrogen and oxygen atoms in total. The first kappa shape index (κ1) is 32.7. The fourth-order valence-electron chi connectivity index (χ4n) is 0. The van der Waals surface area contributed by atoms with Crippen LogP contribution in [0.3, 0.4) is 0 Å². The van der Waals surface area contributed by atoms with Gasteiger partial charge < -0.3 is 0 Å². The summed E-state index contributed by atoms with van der Waals surface area (Å²) >= 11 is 0.300. The van der Waals surface area contributed by atoms with Crippen LogP contribution in [0.2, 0.25) is 0 Å². The van der Waals surface area contributed by atoms with Crippen LogP contribution in [0.4, 0.5) is 0 Å². The van der Waals surface area contributed by atoms with Crippen LogP contribution >= 0.6 is 0 Å². The zero-order valence-corrected chi connectivity index (χ0v) is 16.2. The Balaban J connectivity index is -0.000000000833. The summed E-state index contributed by atoms with van der Waals surface area (Å²) in [5.74, 6) is 0. The molecule has 0 bridgehead atoms. The average molecular weight is 505 g/mol. The summed E-state index contributed by atoms with van der Waals surface area (Å²) in [5, 5.41) is 0. The van der Waals surface area contributed by atoms with Gasteiger partial charge in [-0.05, 0) is 0 Å². The Labute approximate surface area is 127 Å². The summed E-state index contributed by atoms with van der Waals surface area (Å²) in [4.78, 5) is 0. The van der Waals surface area contributed by atoms with Crippen molar-refractivity contribution in [3.63, 3.8) is 0 Å². The topological polar surface area (TPSA) is 17.1 Å². The van der Waals surface area contributed by atoms with Crippen molar-refractivity contribution < 1.29 is 25.5 Å². The normalized spacial score (nSPS) is 0.667. The van der Waals surface area contributed by atoms with Crippen molar-refractivity contribution in [2.24, 2.45) is 0 Å². The molecule has 6 heteroatoms. The van der Waals surface area contributed by atoms with Gasteiger partial charge >= 0.3 is 25.6 Å². The maximum Gasteiger partial charge on any atom is 0 e. The predicted molar refractivity (Wildman–Crippen MR) is 23.7 cm³/mol. The molecule has 0 aromatic heterocycles. The molecule has 0 aliphatic carbocycles. The molecule has 0 aromatic carbocycles. The Morgan fingerprint density at radius 1 is 1.17 bits per heavy atom. The van der Waals surface area contributed by atoms with E-state index in [1.165, 1.54) is 0 Å². The fraction of sp³-hybridized carbons (Fsp3) is 0. The fourth-order valence-corrected chi connectivity index (χ4v) is 0. The van der Waals surface area contributed by atoms with Gasteiger partial charge in [-0.1, -0.05) is 0 Å². The van der Waals surface area contributed by atoms with Gasteiger partial charge in [0, 0.05) is 105 Å². The van der Waals surface area contributed by atoms with Gasteiger partial charge in [0.2, 0.25) is 0 Å². The van der Waals surface area contributed by atoms with E-state index >= 15 is 0 Å². The van der Waals surface area contributed by atoms with Gasteiger partial charge in [0.1, 0.15) is 0 Å². The average Bonchev–Trinajstić information content (AvgIpc) is 1.00. The van der Waals surface area contributed by atoms with Gasteiger partial charge in [0.05, 0.1) is 0 Å². The second-order valence-corrected chi connectivity index (χ2v) is 0. The third kappa shape index (κ3) is 24.7. The number of hydrogen-bond donors (Lipinski definition) is 0. The van der Waals surface area contributed by atoms with Gasteiger partial charge in [-0.15, -0.1) is 0 Å². The first-order valence-corrected chi connectivity index (χ1v) is 1.37. The SMILES string of the molecule is [Ba].[Mg].[O]=[Sn].[Si].[Ta]. The summed E-state index contributed by atoms with van der Waals surface area (Å²) in [7, 11) is 0. The Bertz CT molecular complexity index is 15.5. The van der Waals surface area contributed by atoms with Gasteiger partial charge in [-0.2, -0.15) is 0 Å². The number of hydrogen-bond acceptors (Lipinski definition) is 1. The summed E-state index contributed by atoms with van der Waals surface area (Å²) in [5.41, 5.74) is 0. The standard InChI is InChI=1S/Ba.Mg.O.Si.Sn.Ta. The van der Waals surface area contributed by atoms with E-state index in [2.05, 4.69) is 0 Å². The van der Waals surface area contributed by atoms with E-state index in [0.717, 1.165) is 0 Å². The van der Waals surface area contributed by atoms with Crippen molar-refractivity contribution in [3.8, 4) is 0 Å². The van der Waals surface area contributed by atoms with Crippen LogP contribution in [-0.4, -0.2) is 105 Å². The summed E-state index contributed by atoms with van der Waals surface area (Å²) < 4.78 is 8.34. The Morgan fingerprint density at radius 3 is 1.17 bits per heavy atom. The van der Waals surface area contributed by atoms with Crippen LogP contribution in [0.5, 0.6) is 0 Å². The molecule has 6 heavy (non-hydrogen) atoms. The quantitative estimate of drug-likeness (QED) is 0.361. The van der Waals surface area contributed by atoms with E-state index < -0.39 is 0 Å². The molecule has 0 aliphatic rings. The maximum atomic E-state index is 8.34. The summed E-state index contributed by atoms with van der Waals surface area (Å²) in [6.45, 7) is 0. The minimum Gasteiger partial charge on any atom is 0 e. The van der Waals surface area contributed by atoms with Crippen LogP contribution in [0.1, 0.15) is 0 Å². The van der Waals surface area contributed by atoms with Crippen molar-refractivity contribution in [2.75, 3.05) is 0 Å². The molecule has 0 N–H and O–H groups in total. The molecule has 0 aromatic rings. The molecule has 0 saturated carbocycles. The summed E-state index contributed by atoms with van der Waals surface area (Å²) in [6, 6.07) is 0. The van der Waals surface area contributed by atoms with E-state index in [1.807, 2.05) is 0 Å². The largest absolute Gasteiger partial charge is 0 e. The van der Waals surface area contributed by atoms with Crippen LogP contribution < -0.4 is 0 Å². The molecular weight excluding hydrogens is 505 g/mol. The van der Waals surface area contributed by atoms with E-state index in [9.17, 15) is 0 Å². The van der Waals surface area contributed by atoms with Crippen molar-refractivity contribution in [1.82, 2.24) is 0 Å². The number of rotatable bonds is 0. The van der Waals surface area contributed by atoms with Crippen molar-refractivity contribution >= 4 is 105 Å². The molecule has 0 heterocycles. The molecule has 0 fully saturated rings. The minimum atomic E-state index is 0. The minimum absolute atomic E-state index is 0. The van der Waals surface area contributed by atoms with Gasteiger partial charge in [0.15, 0.2) is 0 Å². The second kappa shape index (κ2) is 36.6. The van der Waals surface area contributed by atoms with Crippen LogP contribution in [0.25, 0.3) is 0 Å². The van der Waals surface area contributed by atoms with Crippen molar-refractivity contribution in [3.05, 3.63) is 0 Å². The van der Waals surface area contributed by atoms with Crippen LogP contribution in [-0.2, 0) is 25.5 Å². The van der Waals surface area contributed by atoms with Gasteiger partial charge in [-0.25, -0.2) is 0 Å². The molecule has 23 valence electrons. The molecule has 0 spiro atoms. The predicted octanol–water partition coefficient (Wildman–Crippen LogP) is -1.64. The first-order chi connectivity index (χ1) is 1.00. The smallest absolute Gasteiger partial charge is 0 e. The van der Waals surface area contributed by atoms with E-state index in [1.54, 1.807) is 0 Å². The van der Waals surface area contributed by atoms with E-state index in [4.69, 9.17) is 3.08 Å².